The monoisotopic (exact) mass is 316 g/mol. The lowest BCUT2D eigenvalue weighted by molar-refractivity contribution is -0.387. The number of hydrogen-bond acceptors (Lipinski definition) is 4. The minimum absolute atomic E-state index is 0.175. The van der Waals surface area contributed by atoms with E-state index in [1.807, 2.05) is 6.26 Å². The first-order chi connectivity index (χ1) is 9.95. The number of carbonyl (C=O) groups is 1. The molecule has 5 nitrogen and oxygen atoms in total. The quantitative estimate of drug-likeness (QED) is 0.685. The molecule has 0 radical (unpaired) electrons. The van der Waals surface area contributed by atoms with Crippen molar-refractivity contribution in [2.45, 2.75) is 30.6 Å². The summed E-state index contributed by atoms with van der Waals surface area (Å²) in [6, 6.07) is 1.27. The zero-order chi connectivity index (χ0) is 15.6. The van der Waals surface area contributed by atoms with Gasteiger partial charge in [-0.2, -0.15) is 16.2 Å². The number of nitrogens with one attached hydrogen (secondary N) is 1. The van der Waals surface area contributed by atoms with Gasteiger partial charge in [-0.1, -0.05) is 6.42 Å². The van der Waals surface area contributed by atoms with Crippen LogP contribution in [0.25, 0.3) is 0 Å². The van der Waals surface area contributed by atoms with Crippen LogP contribution < -0.4 is 5.32 Å². The van der Waals surface area contributed by atoms with Gasteiger partial charge in [-0.15, -0.1) is 0 Å². The van der Waals surface area contributed by atoms with Crippen LogP contribution in [0.15, 0.2) is 12.1 Å². The van der Waals surface area contributed by atoms with E-state index in [4.69, 9.17) is 0 Å². The summed E-state index contributed by atoms with van der Waals surface area (Å²) in [4.78, 5) is 21.7. The molecule has 1 amide bonds. The molecule has 1 aliphatic carbocycles. The zero-order valence-corrected chi connectivity index (χ0v) is 12.1. The first-order valence-electron chi connectivity index (χ1n) is 6.41. The lowest BCUT2D eigenvalue weighted by atomic mass is 10.1. The molecule has 114 valence electrons. The lowest BCUT2D eigenvalue weighted by Crippen LogP contribution is -2.39. The van der Waals surface area contributed by atoms with Gasteiger partial charge in [-0.05, 0) is 25.2 Å². The van der Waals surface area contributed by atoms with Crippen molar-refractivity contribution in [1.29, 1.82) is 0 Å². The van der Waals surface area contributed by atoms with E-state index in [9.17, 15) is 23.7 Å². The minimum atomic E-state index is -1.43. The molecule has 0 saturated heterocycles. The Morgan fingerprint density at radius 3 is 2.76 bits per heavy atom. The van der Waals surface area contributed by atoms with Gasteiger partial charge in [-0.3, -0.25) is 14.9 Å². The van der Waals surface area contributed by atoms with Crippen LogP contribution >= 0.6 is 11.8 Å². The molecular formula is C13H14F2N2O3S. The second-order valence-corrected chi connectivity index (χ2v) is 5.87. The average molecular weight is 316 g/mol. The summed E-state index contributed by atoms with van der Waals surface area (Å²) in [5.41, 5.74) is -1.80. The Morgan fingerprint density at radius 2 is 2.14 bits per heavy atom. The van der Waals surface area contributed by atoms with Crippen LogP contribution in [0.4, 0.5) is 14.5 Å². The van der Waals surface area contributed by atoms with Gasteiger partial charge in [0.1, 0.15) is 11.4 Å². The molecule has 2 rings (SSSR count). The average Bonchev–Trinajstić information content (AvgIpc) is 2.85. The predicted molar refractivity (Wildman–Crippen MR) is 75.4 cm³/mol. The van der Waals surface area contributed by atoms with Crippen LogP contribution in [0.2, 0.25) is 0 Å². The summed E-state index contributed by atoms with van der Waals surface area (Å²) in [5.74, 6) is -3.48. The fourth-order valence-electron chi connectivity index (χ4n) is 2.50. The maximum absolute atomic E-state index is 13.9. The number of nitro benzene ring substituents is 1. The molecule has 1 fully saturated rings. The Bertz CT molecular complexity index is 583. The molecule has 1 N–H and O–H groups in total. The van der Waals surface area contributed by atoms with Crippen LogP contribution in [0.5, 0.6) is 0 Å². The van der Waals surface area contributed by atoms with Gasteiger partial charge in [0.25, 0.3) is 5.91 Å². The molecule has 0 heterocycles. The molecule has 0 aromatic heterocycles. The Hall–Kier alpha value is -1.70. The topological polar surface area (TPSA) is 72.2 Å². The second kappa shape index (κ2) is 6.38. The number of thioether (sulfide) groups is 1. The van der Waals surface area contributed by atoms with Crippen molar-refractivity contribution in [3.8, 4) is 0 Å². The summed E-state index contributed by atoms with van der Waals surface area (Å²) in [7, 11) is 0. The van der Waals surface area contributed by atoms with Crippen molar-refractivity contribution in [3.63, 3.8) is 0 Å². The van der Waals surface area contributed by atoms with Crippen molar-refractivity contribution in [3.05, 3.63) is 39.4 Å². The van der Waals surface area contributed by atoms with E-state index >= 15 is 0 Å². The lowest BCUT2D eigenvalue weighted by Gasteiger charge is -2.19. The van der Waals surface area contributed by atoms with Crippen molar-refractivity contribution in [2.24, 2.45) is 0 Å². The van der Waals surface area contributed by atoms with Gasteiger partial charge < -0.3 is 5.32 Å². The highest BCUT2D eigenvalue weighted by molar-refractivity contribution is 7.99. The van der Waals surface area contributed by atoms with Crippen LogP contribution in [0.3, 0.4) is 0 Å². The maximum Gasteiger partial charge on any atom is 0.305 e. The smallest absolute Gasteiger partial charge is 0.305 e. The number of rotatable bonds is 4. The third kappa shape index (κ3) is 3.15. The van der Waals surface area contributed by atoms with Gasteiger partial charge in [-0.25, -0.2) is 4.39 Å². The van der Waals surface area contributed by atoms with E-state index in [2.05, 4.69) is 5.32 Å². The SMILES string of the molecule is CSC1CCCC1NC(=O)c1c(F)ccc([N+](=O)[O-])c1F. The summed E-state index contributed by atoms with van der Waals surface area (Å²) in [5, 5.41) is 13.4. The molecule has 0 bridgehead atoms. The Kier molecular flexibility index (Phi) is 4.76. The Morgan fingerprint density at radius 1 is 1.43 bits per heavy atom. The van der Waals surface area contributed by atoms with Crippen LogP contribution in [0.1, 0.15) is 29.6 Å². The van der Waals surface area contributed by atoms with E-state index in [0.717, 1.165) is 25.3 Å². The number of hydrogen-bond donors (Lipinski definition) is 1. The minimum Gasteiger partial charge on any atom is -0.348 e. The van der Waals surface area contributed by atoms with E-state index in [1.54, 1.807) is 11.8 Å². The predicted octanol–water partition coefficient (Wildman–Crippen LogP) is 2.89. The molecule has 2 atom stereocenters. The Balaban J connectivity index is 2.27. The molecule has 8 heteroatoms. The van der Waals surface area contributed by atoms with E-state index in [0.29, 0.717) is 6.07 Å². The van der Waals surface area contributed by atoms with Crippen molar-refractivity contribution in [1.82, 2.24) is 5.32 Å². The molecule has 1 aromatic rings. The summed E-state index contributed by atoms with van der Waals surface area (Å²) in [6.07, 6.45) is 4.49. The van der Waals surface area contributed by atoms with Gasteiger partial charge in [0.15, 0.2) is 0 Å². The van der Waals surface area contributed by atoms with Crippen LogP contribution in [0, 0.1) is 21.7 Å². The summed E-state index contributed by atoms with van der Waals surface area (Å²) in [6.45, 7) is 0. The summed E-state index contributed by atoms with van der Waals surface area (Å²) >= 11 is 1.58. The molecule has 1 aromatic carbocycles. The standard InChI is InChI=1S/C13H14F2N2O3S/c1-21-10-4-2-3-8(10)16-13(18)11-7(14)5-6-9(12(11)15)17(19)20/h5-6,8,10H,2-4H2,1H3,(H,16,18). The molecular weight excluding hydrogens is 302 g/mol. The third-order valence-corrected chi connectivity index (χ3v) is 4.74. The highest BCUT2D eigenvalue weighted by atomic mass is 32.2. The maximum atomic E-state index is 13.9. The molecule has 2 unspecified atom stereocenters. The van der Waals surface area contributed by atoms with E-state index < -0.39 is 33.7 Å². The van der Waals surface area contributed by atoms with Crippen molar-refractivity contribution in [2.75, 3.05) is 6.26 Å². The third-order valence-electron chi connectivity index (χ3n) is 3.57. The molecule has 0 spiro atoms. The largest absolute Gasteiger partial charge is 0.348 e. The van der Waals surface area contributed by atoms with Crippen LogP contribution in [-0.4, -0.2) is 28.4 Å². The highest BCUT2D eigenvalue weighted by Crippen LogP contribution is 2.29. The highest BCUT2D eigenvalue weighted by Gasteiger charge is 2.31. The van der Waals surface area contributed by atoms with Gasteiger partial charge in [0.05, 0.1) is 4.92 Å². The zero-order valence-electron chi connectivity index (χ0n) is 11.3. The number of benzene rings is 1. The fraction of sp³-hybridized carbons (Fsp3) is 0.462. The van der Waals surface area contributed by atoms with Crippen molar-refractivity contribution >= 4 is 23.4 Å². The van der Waals surface area contributed by atoms with Crippen molar-refractivity contribution < 1.29 is 18.5 Å². The summed E-state index contributed by atoms with van der Waals surface area (Å²) < 4.78 is 27.6. The first kappa shape index (κ1) is 15.7. The second-order valence-electron chi connectivity index (χ2n) is 4.80. The number of nitro groups is 1. The molecule has 1 saturated carbocycles. The Labute approximate surface area is 124 Å². The van der Waals surface area contributed by atoms with E-state index in [1.165, 1.54) is 0 Å². The molecule has 0 aliphatic heterocycles. The molecule has 21 heavy (non-hydrogen) atoms. The fourth-order valence-corrected chi connectivity index (χ4v) is 3.44. The first-order valence-corrected chi connectivity index (χ1v) is 7.70. The number of carbonyl (C=O) groups excluding carboxylic acids is 1. The molecule has 1 aliphatic rings. The number of halogens is 2. The van der Waals surface area contributed by atoms with Crippen LogP contribution in [-0.2, 0) is 0 Å². The van der Waals surface area contributed by atoms with E-state index in [-0.39, 0.29) is 11.3 Å². The number of amides is 1. The van der Waals surface area contributed by atoms with Gasteiger partial charge in [0, 0.05) is 17.4 Å². The normalized spacial score (nSPS) is 21.3. The number of nitrogens with zero attached hydrogens (tertiary/aromatic N) is 1. The van der Waals surface area contributed by atoms with Gasteiger partial charge in [0.2, 0.25) is 5.82 Å². The van der Waals surface area contributed by atoms with Gasteiger partial charge >= 0.3 is 5.69 Å².